The van der Waals surface area contributed by atoms with Crippen LogP contribution in [0.3, 0.4) is 0 Å². The van der Waals surface area contributed by atoms with E-state index in [1.807, 2.05) is 18.2 Å². The van der Waals surface area contributed by atoms with Gasteiger partial charge in [0.2, 0.25) is 0 Å². The van der Waals surface area contributed by atoms with Gasteiger partial charge in [0, 0.05) is 21.6 Å². The lowest BCUT2D eigenvalue weighted by Gasteiger charge is -2.10. The summed E-state index contributed by atoms with van der Waals surface area (Å²) in [5, 5.41) is 0.484. The molecule has 100 valence electrons. The lowest BCUT2D eigenvalue weighted by atomic mass is 10.2. The summed E-state index contributed by atoms with van der Waals surface area (Å²) in [6.07, 6.45) is 0. The molecule has 0 saturated heterocycles. The molecule has 0 heterocycles. The Bertz CT molecular complexity index is 592. The normalized spacial score (nSPS) is 10.5. The van der Waals surface area contributed by atoms with Crippen molar-refractivity contribution in [2.45, 2.75) is 13.2 Å². The van der Waals surface area contributed by atoms with E-state index in [9.17, 15) is 4.39 Å². The SMILES string of the molecule is NCc1cc(OCc2cc(F)ccc2Cl)ccc1Br. The molecule has 5 heteroatoms. The quantitative estimate of drug-likeness (QED) is 0.898. The molecule has 0 aliphatic rings. The van der Waals surface area contributed by atoms with Gasteiger partial charge in [0.15, 0.2) is 0 Å². The van der Waals surface area contributed by atoms with E-state index >= 15 is 0 Å². The van der Waals surface area contributed by atoms with Crippen LogP contribution in [0.25, 0.3) is 0 Å². The van der Waals surface area contributed by atoms with E-state index in [1.54, 1.807) is 0 Å². The predicted molar refractivity (Wildman–Crippen MR) is 77.8 cm³/mol. The van der Waals surface area contributed by atoms with Crippen LogP contribution in [-0.4, -0.2) is 0 Å². The van der Waals surface area contributed by atoms with Gasteiger partial charge < -0.3 is 10.5 Å². The molecule has 0 unspecified atom stereocenters. The first-order valence-corrected chi connectivity index (χ1v) is 6.82. The highest BCUT2D eigenvalue weighted by molar-refractivity contribution is 9.10. The van der Waals surface area contributed by atoms with Gasteiger partial charge in [-0.1, -0.05) is 27.5 Å². The van der Waals surface area contributed by atoms with E-state index in [0.717, 1.165) is 10.0 Å². The zero-order valence-corrected chi connectivity index (χ0v) is 12.3. The summed E-state index contributed by atoms with van der Waals surface area (Å²) in [6.45, 7) is 0.626. The number of nitrogens with two attached hydrogens (primary N) is 1. The number of benzene rings is 2. The third-order valence-corrected chi connectivity index (χ3v) is 3.78. The Morgan fingerprint density at radius 1 is 1.16 bits per heavy atom. The minimum absolute atomic E-state index is 0.211. The van der Waals surface area contributed by atoms with Crippen molar-refractivity contribution in [1.29, 1.82) is 0 Å². The van der Waals surface area contributed by atoms with Gasteiger partial charge in [-0.25, -0.2) is 4.39 Å². The summed E-state index contributed by atoms with van der Waals surface area (Å²) in [5.74, 6) is 0.338. The molecule has 0 fully saturated rings. The molecule has 0 aliphatic carbocycles. The molecule has 0 atom stereocenters. The summed E-state index contributed by atoms with van der Waals surface area (Å²) in [5.41, 5.74) is 7.17. The van der Waals surface area contributed by atoms with Crippen LogP contribution in [0.15, 0.2) is 40.9 Å². The molecular formula is C14H12BrClFNO. The number of hydrogen-bond donors (Lipinski definition) is 1. The van der Waals surface area contributed by atoms with Crippen LogP contribution < -0.4 is 10.5 Å². The van der Waals surface area contributed by atoms with Crippen LogP contribution in [0.4, 0.5) is 4.39 Å². The molecule has 0 amide bonds. The van der Waals surface area contributed by atoms with Gasteiger partial charge in [-0.15, -0.1) is 0 Å². The first-order chi connectivity index (χ1) is 9.10. The minimum Gasteiger partial charge on any atom is -0.489 e. The largest absolute Gasteiger partial charge is 0.489 e. The molecule has 2 aromatic carbocycles. The molecule has 0 spiro atoms. The fourth-order valence-corrected chi connectivity index (χ4v) is 2.19. The molecule has 0 aromatic heterocycles. The zero-order valence-electron chi connectivity index (χ0n) is 10.00. The van der Waals surface area contributed by atoms with Crippen LogP contribution in [0.5, 0.6) is 5.75 Å². The molecule has 19 heavy (non-hydrogen) atoms. The molecule has 0 aliphatic heterocycles. The lowest BCUT2D eigenvalue weighted by molar-refractivity contribution is 0.305. The van der Waals surface area contributed by atoms with Gasteiger partial charge >= 0.3 is 0 Å². The van der Waals surface area contributed by atoms with Crippen molar-refractivity contribution in [2.75, 3.05) is 0 Å². The first kappa shape index (κ1) is 14.3. The van der Waals surface area contributed by atoms with Gasteiger partial charge in [-0.3, -0.25) is 0 Å². The Balaban J connectivity index is 2.12. The van der Waals surface area contributed by atoms with Crippen molar-refractivity contribution in [3.8, 4) is 5.75 Å². The summed E-state index contributed by atoms with van der Waals surface area (Å²) in [4.78, 5) is 0. The maximum Gasteiger partial charge on any atom is 0.123 e. The highest BCUT2D eigenvalue weighted by Crippen LogP contribution is 2.24. The van der Waals surface area contributed by atoms with E-state index in [1.165, 1.54) is 18.2 Å². The van der Waals surface area contributed by atoms with Crippen LogP contribution in [0, 0.1) is 5.82 Å². The molecule has 0 saturated carbocycles. The predicted octanol–water partition coefficient (Wildman–Crippen LogP) is 4.28. The number of ether oxygens (including phenoxy) is 1. The van der Waals surface area contributed by atoms with Crippen LogP contribution in [0.1, 0.15) is 11.1 Å². The maximum absolute atomic E-state index is 13.1. The monoisotopic (exact) mass is 343 g/mol. The van der Waals surface area contributed by atoms with Crippen LogP contribution in [-0.2, 0) is 13.2 Å². The second kappa shape index (κ2) is 6.37. The Morgan fingerprint density at radius 3 is 2.68 bits per heavy atom. The van der Waals surface area contributed by atoms with Gasteiger partial charge in [-0.05, 0) is 42.0 Å². The molecular weight excluding hydrogens is 333 g/mol. The smallest absolute Gasteiger partial charge is 0.123 e. The Morgan fingerprint density at radius 2 is 1.95 bits per heavy atom. The fraction of sp³-hybridized carbons (Fsp3) is 0.143. The van der Waals surface area contributed by atoms with Crippen molar-refractivity contribution in [1.82, 2.24) is 0 Å². The van der Waals surface area contributed by atoms with Gasteiger partial charge in [0.05, 0.1) is 0 Å². The zero-order chi connectivity index (χ0) is 13.8. The molecule has 2 nitrogen and oxygen atoms in total. The van der Waals surface area contributed by atoms with Crippen molar-refractivity contribution in [2.24, 2.45) is 5.73 Å². The maximum atomic E-state index is 13.1. The summed E-state index contributed by atoms with van der Waals surface area (Å²) in [6, 6.07) is 9.73. The topological polar surface area (TPSA) is 35.2 Å². The Hall–Kier alpha value is -1.10. The molecule has 2 aromatic rings. The molecule has 0 radical (unpaired) electrons. The average molecular weight is 345 g/mol. The van der Waals surface area contributed by atoms with Crippen molar-refractivity contribution in [3.05, 3.63) is 62.8 Å². The van der Waals surface area contributed by atoms with E-state index in [4.69, 9.17) is 22.1 Å². The van der Waals surface area contributed by atoms with E-state index in [2.05, 4.69) is 15.9 Å². The highest BCUT2D eigenvalue weighted by Gasteiger charge is 2.05. The minimum atomic E-state index is -0.332. The van der Waals surface area contributed by atoms with Crippen molar-refractivity contribution in [3.63, 3.8) is 0 Å². The van der Waals surface area contributed by atoms with Crippen molar-refractivity contribution < 1.29 is 9.13 Å². The van der Waals surface area contributed by atoms with Gasteiger partial charge in [0.1, 0.15) is 18.2 Å². The van der Waals surface area contributed by atoms with Crippen LogP contribution >= 0.6 is 27.5 Å². The van der Waals surface area contributed by atoms with Crippen LogP contribution in [0.2, 0.25) is 5.02 Å². The van der Waals surface area contributed by atoms with Gasteiger partial charge in [0.25, 0.3) is 0 Å². The number of rotatable bonds is 4. The fourth-order valence-electron chi connectivity index (χ4n) is 1.61. The van der Waals surface area contributed by atoms with Gasteiger partial charge in [-0.2, -0.15) is 0 Å². The third kappa shape index (κ3) is 3.69. The molecule has 2 rings (SSSR count). The summed E-state index contributed by atoms with van der Waals surface area (Å²) >= 11 is 9.37. The number of halogens is 3. The second-order valence-electron chi connectivity index (χ2n) is 3.98. The van der Waals surface area contributed by atoms with E-state index < -0.39 is 0 Å². The number of hydrogen-bond acceptors (Lipinski definition) is 2. The highest BCUT2D eigenvalue weighted by atomic mass is 79.9. The van der Waals surface area contributed by atoms with E-state index in [0.29, 0.717) is 22.9 Å². The summed E-state index contributed by atoms with van der Waals surface area (Å²) in [7, 11) is 0. The Labute approximate surface area is 124 Å². The third-order valence-electron chi connectivity index (χ3n) is 2.64. The Kier molecular flexibility index (Phi) is 4.80. The van der Waals surface area contributed by atoms with Crippen molar-refractivity contribution >= 4 is 27.5 Å². The first-order valence-electron chi connectivity index (χ1n) is 5.65. The second-order valence-corrected chi connectivity index (χ2v) is 5.24. The van der Waals surface area contributed by atoms with E-state index in [-0.39, 0.29) is 12.4 Å². The lowest BCUT2D eigenvalue weighted by Crippen LogP contribution is -2.00. The summed E-state index contributed by atoms with van der Waals surface area (Å²) < 4.78 is 19.6. The molecule has 0 bridgehead atoms. The average Bonchev–Trinajstić information content (AvgIpc) is 2.41. The standard InChI is InChI=1S/C14H12BrClFNO/c15-13-3-2-12(6-9(13)7-18)19-8-10-5-11(17)1-4-14(10)16/h1-6H,7-8,18H2. The molecule has 2 N–H and O–H groups in total.